The number of halogens is 3. The molecule has 9 heteroatoms. The summed E-state index contributed by atoms with van der Waals surface area (Å²) in [5, 5.41) is 6.95. The van der Waals surface area contributed by atoms with E-state index < -0.39 is 11.7 Å². The fraction of sp³-hybridized carbons (Fsp3) is 0.286. The summed E-state index contributed by atoms with van der Waals surface area (Å²) in [5.74, 6) is 0.752. The lowest BCUT2D eigenvalue weighted by molar-refractivity contribution is -0.136. The molecule has 0 saturated carbocycles. The van der Waals surface area contributed by atoms with Crippen molar-refractivity contribution in [2.24, 2.45) is 17.8 Å². The third-order valence-electron chi connectivity index (χ3n) is 3.32. The summed E-state index contributed by atoms with van der Waals surface area (Å²) >= 11 is 0. The van der Waals surface area contributed by atoms with Gasteiger partial charge >= 0.3 is 6.18 Å². The highest BCUT2D eigenvalue weighted by Crippen LogP contribution is 2.34. The van der Waals surface area contributed by atoms with Crippen LogP contribution in [0.15, 0.2) is 29.4 Å². The van der Waals surface area contributed by atoms with E-state index in [1.165, 1.54) is 17.8 Å². The number of nitrogens with one attached hydrogen (secondary N) is 1. The van der Waals surface area contributed by atoms with Gasteiger partial charge < -0.3 is 16.8 Å². The fourth-order valence-electron chi connectivity index (χ4n) is 2.13. The summed E-state index contributed by atoms with van der Waals surface area (Å²) in [7, 11) is 3.22. The fourth-order valence-corrected chi connectivity index (χ4v) is 2.13. The molecule has 0 aliphatic rings. The zero-order valence-electron chi connectivity index (χ0n) is 12.6. The van der Waals surface area contributed by atoms with Crippen LogP contribution in [0.2, 0.25) is 0 Å². The molecule has 6 nitrogen and oxygen atoms in total. The number of anilines is 2. The Balaban J connectivity index is 2.34. The van der Waals surface area contributed by atoms with Gasteiger partial charge in [-0.15, -0.1) is 0 Å². The number of aryl methyl sites for hydroxylation is 1. The van der Waals surface area contributed by atoms with Crippen molar-refractivity contribution >= 4 is 17.5 Å². The Morgan fingerprint density at radius 2 is 2.09 bits per heavy atom. The number of nitrogen functional groups attached to an aromatic ring is 1. The first-order valence-electron chi connectivity index (χ1n) is 6.68. The molecule has 5 N–H and O–H groups in total. The van der Waals surface area contributed by atoms with Crippen LogP contribution in [0.5, 0.6) is 0 Å². The van der Waals surface area contributed by atoms with Gasteiger partial charge in [0.2, 0.25) is 0 Å². The molecule has 1 aromatic carbocycles. The quantitative estimate of drug-likeness (QED) is 0.456. The molecule has 0 atom stereocenters. The highest BCUT2D eigenvalue weighted by atomic mass is 19.4. The maximum Gasteiger partial charge on any atom is 0.418 e. The third-order valence-corrected chi connectivity index (χ3v) is 3.32. The van der Waals surface area contributed by atoms with Crippen molar-refractivity contribution in [3.8, 4) is 0 Å². The van der Waals surface area contributed by atoms with Gasteiger partial charge in [0, 0.05) is 31.8 Å². The number of hydrogen-bond acceptors (Lipinski definition) is 3. The summed E-state index contributed by atoms with van der Waals surface area (Å²) < 4.78 is 40.3. The van der Waals surface area contributed by atoms with Crippen molar-refractivity contribution in [2.45, 2.75) is 12.6 Å². The molecule has 0 amide bonds. The van der Waals surface area contributed by atoms with Gasteiger partial charge in [0.05, 0.1) is 11.8 Å². The van der Waals surface area contributed by atoms with Crippen LogP contribution in [0.25, 0.3) is 0 Å². The van der Waals surface area contributed by atoms with Crippen LogP contribution < -0.4 is 16.8 Å². The number of guanidine groups is 1. The first-order chi connectivity index (χ1) is 10.7. The SMILES string of the molecule is CN=C(N)Nc1c(Cc2ccc(N)c(C(F)(F)F)c2)cnn1C. The average molecular weight is 326 g/mol. The van der Waals surface area contributed by atoms with Crippen molar-refractivity contribution in [3.63, 3.8) is 0 Å². The van der Waals surface area contributed by atoms with E-state index in [-0.39, 0.29) is 18.1 Å². The average Bonchev–Trinajstić information content (AvgIpc) is 2.81. The number of aromatic nitrogens is 2. The molecule has 1 heterocycles. The summed E-state index contributed by atoms with van der Waals surface area (Å²) in [6.45, 7) is 0. The lowest BCUT2D eigenvalue weighted by Crippen LogP contribution is -2.24. The van der Waals surface area contributed by atoms with E-state index in [1.54, 1.807) is 19.3 Å². The second-order valence-corrected chi connectivity index (χ2v) is 4.97. The van der Waals surface area contributed by atoms with E-state index in [1.807, 2.05) is 0 Å². The number of rotatable bonds is 3. The van der Waals surface area contributed by atoms with Crippen LogP contribution in [0, 0.1) is 0 Å². The van der Waals surface area contributed by atoms with E-state index in [9.17, 15) is 13.2 Å². The van der Waals surface area contributed by atoms with Gasteiger partial charge in [-0.25, -0.2) is 0 Å². The van der Waals surface area contributed by atoms with Gasteiger partial charge in [0.15, 0.2) is 5.96 Å². The minimum atomic E-state index is -4.49. The molecule has 2 aromatic rings. The first-order valence-corrected chi connectivity index (χ1v) is 6.68. The maximum absolute atomic E-state index is 12.9. The zero-order chi connectivity index (χ0) is 17.2. The molecule has 0 bridgehead atoms. The molecule has 0 saturated heterocycles. The molecule has 0 fully saturated rings. The van der Waals surface area contributed by atoms with Crippen molar-refractivity contribution in [1.29, 1.82) is 0 Å². The van der Waals surface area contributed by atoms with Crippen LogP contribution in [-0.4, -0.2) is 22.8 Å². The normalized spacial score (nSPS) is 12.5. The smallest absolute Gasteiger partial charge is 0.398 e. The van der Waals surface area contributed by atoms with Crippen LogP contribution >= 0.6 is 0 Å². The number of alkyl halides is 3. The standard InChI is InChI=1S/C14H17F3N6/c1-20-13(19)22-12-9(7-21-23(12)2)5-8-3-4-11(18)10(6-8)14(15,16)17/h3-4,6-7H,5,18H2,1-2H3,(H3,19,20,22). The lowest BCUT2D eigenvalue weighted by Gasteiger charge is -2.12. The molecule has 0 aliphatic carbocycles. The predicted molar refractivity (Wildman–Crippen MR) is 83.0 cm³/mol. The Labute approximate surface area is 131 Å². The van der Waals surface area contributed by atoms with E-state index in [2.05, 4.69) is 15.4 Å². The van der Waals surface area contributed by atoms with Crippen molar-refractivity contribution in [1.82, 2.24) is 9.78 Å². The van der Waals surface area contributed by atoms with Crippen LogP contribution in [0.1, 0.15) is 16.7 Å². The van der Waals surface area contributed by atoms with Crippen molar-refractivity contribution in [2.75, 3.05) is 18.1 Å². The first kappa shape index (κ1) is 16.7. The Morgan fingerprint density at radius 1 is 1.39 bits per heavy atom. The van der Waals surface area contributed by atoms with Gasteiger partial charge in [0.25, 0.3) is 0 Å². The Hall–Kier alpha value is -2.71. The minimum Gasteiger partial charge on any atom is -0.398 e. The van der Waals surface area contributed by atoms with E-state index in [0.717, 1.165) is 6.07 Å². The molecule has 0 aliphatic heterocycles. The molecule has 0 radical (unpaired) electrons. The predicted octanol–water partition coefficient (Wildman–Crippen LogP) is 1.97. The van der Waals surface area contributed by atoms with Gasteiger partial charge in [0.1, 0.15) is 5.82 Å². The van der Waals surface area contributed by atoms with Gasteiger partial charge in [-0.3, -0.25) is 9.67 Å². The summed E-state index contributed by atoms with van der Waals surface area (Å²) in [5.41, 5.74) is 11.1. The second kappa shape index (κ2) is 6.19. The number of aliphatic imine (C=N–C) groups is 1. The van der Waals surface area contributed by atoms with Gasteiger partial charge in [-0.1, -0.05) is 6.07 Å². The topological polar surface area (TPSA) is 94.2 Å². The second-order valence-electron chi connectivity index (χ2n) is 4.97. The third kappa shape index (κ3) is 3.74. The highest BCUT2D eigenvalue weighted by molar-refractivity contribution is 5.92. The van der Waals surface area contributed by atoms with E-state index in [4.69, 9.17) is 11.5 Å². The molecular formula is C14H17F3N6. The monoisotopic (exact) mass is 326 g/mol. The zero-order valence-corrected chi connectivity index (χ0v) is 12.6. The summed E-state index contributed by atoms with van der Waals surface area (Å²) in [6, 6.07) is 3.85. The Bertz CT molecular complexity index is 733. The highest BCUT2D eigenvalue weighted by Gasteiger charge is 2.33. The molecule has 23 heavy (non-hydrogen) atoms. The number of hydrogen-bond donors (Lipinski definition) is 3. The Morgan fingerprint density at radius 3 is 2.70 bits per heavy atom. The Kier molecular flexibility index (Phi) is 4.48. The van der Waals surface area contributed by atoms with Crippen LogP contribution in [0.4, 0.5) is 24.7 Å². The largest absolute Gasteiger partial charge is 0.418 e. The van der Waals surface area contributed by atoms with Crippen molar-refractivity contribution in [3.05, 3.63) is 41.1 Å². The van der Waals surface area contributed by atoms with Crippen LogP contribution in [-0.2, 0) is 19.6 Å². The minimum absolute atomic E-state index is 0.183. The van der Waals surface area contributed by atoms with Gasteiger partial charge in [-0.05, 0) is 17.7 Å². The summed E-state index contributed by atoms with van der Waals surface area (Å²) in [6.07, 6.45) is -2.68. The molecule has 0 unspecified atom stereocenters. The lowest BCUT2D eigenvalue weighted by atomic mass is 10.0. The van der Waals surface area contributed by atoms with E-state index >= 15 is 0 Å². The van der Waals surface area contributed by atoms with E-state index in [0.29, 0.717) is 16.9 Å². The maximum atomic E-state index is 12.9. The molecule has 124 valence electrons. The molecular weight excluding hydrogens is 309 g/mol. The molecule has 1 aromatic heterocycles. The summed E-state index contributed by atoms with van der Waals surface area (Å²) in [4.78, 5) is 3.79. The molecule has 0 spiro atoms. The number of benzene rings is 1. The number of nitrogens with zero attached hydrogens (tertiary/aromatic N) is 3. The number of nitrogens with two attached hydrogens (primary N) is 2. The van der Waals surface area contributed by atoms with Crippen molar-refractivity contribution < 1.29 is 13.2 Å². The van der Waals surface area contributed by atoms with Crippen LogP contribution in [0.3, 0.4) is 0 Å². The molecule has 2 rings (SSSR count). The van der Waals surface area contributed by atoms with Gasteiger partial charge in [-0.2, -0.15) is 18.3 Å².